The highest BCUT2D eigenvalue weighted by Crippen LogP contribution is 2.21. The first-order chi connectivity index (χ1) is 7.35. The van der Waals surface area contributed by atoms with Gasteiger partial charge in [0, 0.05) is 24.3 Å². The molecule has 0 saturated carbocycles. The maximum absolute atomic E-state index is 12.1. The lowest BCUT2D eigenvalue weighted by Crippen LogP contribution is -2.14. The first kappa shape index (κ1) is 13.0. The molecule has 6 heteroatoms. The van der Waals surface area contributed by atoms with Gasteiger partial charge in [-0.1, -0.05) is 0 Å². The van der Waals surface area contributed by atoms with Crippen molar-refractivity contribution in [3.63, 3.8) is 0 Å². The third-order valence-electron chi connectivity index (χ3n) is 2.49. The van der Waals surface area contributed by atoms with Gasteiger partial charge < -0.3 is 5.32 Å². The molecule has 0 aliphatic carbocycles. The van der Waals surface area contributed by atoms with Crippen molar-refractivity contribution in [2.24, 2.45) is 0 Å². The molecule has 0 saturated heterocycles. The molecular weight excluding hydrogens is 219 g/mol. The molecule has 1 aromatic heterocycles. The number of hydrogen-bond donors (Lipinski definition) is 1. The Morgan fingerprint density at radius 2 is 1.94 bits per heavy atom. The van der Waals surface area contributed by atoms with E-state index in [2.05, 4.69) is 10.4 Å². The van der Waals surface area contributed by atoms with Gasteiger partial charge in [-0.25, -0.2) is 0 Å². The largest absolute Gasteiger partial charge is 0.390 e. The van der Waals surface area contributed by atoms with E-state index in [-0.39, 0.29) is 6.54 Å². The topological polar surface area (TPSA) is 29.9 Å². The monoisotopic (exact) mass is 235 g/mol. The first-order valence-electron chi connectivity index (χ1n) is 5.09. The van der Waals surface area contributed by atoms with Gasteiger partial charge in [0.1, 0.15) is 0 Å². The average Bonchev–Trinajstić information content (AvgIpc) is 2.42. The first-order valence-corrected chi connectivity index (χ1v) is 5.09. The summed E-state index contributed by atoms with van der Waals surface area (Å²) in [5, 5.41) is 7.08. The molecule has 1 N–H and O–H groups in total. The van der Waals surface area contributed by atoms with Crippen LogP contribution in [0.15, 0.2) is 0 Å². The van der Waals surface area contributed by atoms with Crippen molar-refractivity contribution in [3.8, 4) is 0 Å². The van der Waals surface area contributed by atoms with Crippen LogP contribution in [0.1, 0.15) is 23.4 Å². The van der Waals surface area contributed by atoms with Gasteiger partial charge in [0.05, 0.1) is 12.1 Å². The van der Waals surface area contributed by atoms with E-state index in [1.165, 1.54) is 4.68 Å². The lowest BCUT2D eigenvalue weighted by Gasteiger charge is -2.08. The molecule has 3 nitrogen and oxygen atoms in total. The molecule has 0 unspecified atom stereocenters. The highest BCUT2D eigenvalue weighted by atomic mass is 19.4. The SMILES string of the molecule is CNCc1c(C)nn(CCC(F)(F)F)c1C. The number of hydrogen-bond acceptors (Lipinski definition) is 2. The molecule has 0 aliphatic rings. The quantitative estimate of drug-likeness (QED) is 0.866. The Kier molecular flexibility index (Phi) is 3.96. The van der Waals surface area contributed by atoms with Gasteiger partial charge in [-0.15, -0.1) is 0 Å². The van der Waals surface area contributed by atoms with Crippen molar-refractivity contribution >= 4 is 0 Å². The van der Waals surface area contributed by atoms with Gasteiger partial charge >= 0.3 is 6.18 Å². The van der Waals surface area contributed by atoms with Gasteiger partial charge in [-0.05, 0) is 20.9 Å². The summed E-state index contributed by atoms with van der Waals surface area (Å²) in [6, 6.07) is 0. The van der Waals surface area contributed by atoms with Crippen molar-refractivity contribution in [2.45, 2.75) is 39.5 Å². The second kappa shape index (κ2) is 4.86. The average molecular weight is 235 g/mol. The summed E-state index contributed by atoms with van der Waals surface area (Å²) < 4.78 is 37.7. The van der Waals surface area contributed by atoms with E-state index < -0.39 is 12.6 Å². The number of nitrogens with zero attached hydrogens (tertiary/aromatic N) is 2. The van der Waals surface area contributed by atoms with E-state index in [1.54, 1.807) is 14.0 Å². The molecule has 1 heterocycles. The normalized spacial score (nSPS) is 12.1. The summed E-state index contributed by atoms with van der Waals surface area (Å²) in [5.41, 5.74) is 2.56. The Morgan fingerprint density at radius 3 is 2.44 bits per heavy atom. The van der Waals surface area contributed by atoms with E-state index in [0.717, 1.165) is 17.0 Å². The fourth-order valence-corrected chi connectivity index (χ4v) is 1.62. The zero-order valence-corrected chi connectivity index (χ0v) is 9.65. The molecule has 0 bridgehead atoms. The fraction of sp³-hybridized carbons (Fsp3) is 0.700. The minimum absolute atomic E-state index is 0.111. The van der Waals surface area contributed by atoms with E-state index in [0.29, 0.717) is 6.54 Å². The summed E-state index contributed by atoms with van der Waals surface area (Å²) in [6.07, 6.45) is -4.97. The Labute approximate surface area is 92.6 Å². The third kappa shape index (κ3) is 3.23. The molecule has 1 aromatic rings. The summed E-state index contributed by atoms with van der Waals surface area (Å²) >= 11 is 0. The van der Waals surface area contributed by atoms with Gasteiger partial charge in [0.15, 0.2) is 0 Å². The highest BCUT2D eigenvalue weighted by Gasteiger charge is 2.27. The van der Waals surface area contributed by atoms with Gasteiger partial charge in [-0.3, -0.25) is 4.68 Å². The molecule has 0 radical (unpaired) electrons. The number of aryl methyl sites for hydroxylation is 2. The summed E-state index contributed by atoms with van der Waals surface area (Å²) in [7, 11) is 1.80. The maximum atomic E-state index is 12.1. The smallest absolute Gasteiger partial charge is 0.316 e. The molecule has 0 amide bonds. The zero-order chi connectivity index (χ0) is 12.3. The Balaban J connectivity index is 2.78. The van der Waals surface area contributed by atoms with Crippen molar-refractivity contribution in [1.29, 1.82) is 0 Å². The molecule has 0 atom stereocenters. The lowest BCUT2D eigenvalue weighted by atomic mass is 10.2. The Bertz CT molecular complexity index is 355. The van der Waals surface area contributed by atoms with Crippen LogP contribution in [0.25, 0.3) is 0 Å². The van der Waals surface area contributed by atoms with Crippen LogP contribution in [0, 0.1) is 13.8 Å². The van der Waals surface area contributed by atoms with Crippen LogP contribution in [-0.4, -0.2) is 23.0 Å². The van der Waals surface area contributed by atoms with Crippen LogP contribution >= 0.6 is 0 Å². The molecular formula is C10H16F3N3. The van der Waals surface area contributed by atoms with Crippen LogP contribution in [-0.2, 0) is 13.1 Å². The predicted octanol–water partition coefficient (Wildman–Crippen LogP) is 2.17. The molecule has 0 fully saturated rings. The molecule has 16 heavy (non-hydrogen) atoms. The Morgan fingerprint density at radius 1 is 1.31 bits per heavy atom. The van der Waals surface area contributed by atoms with E-state index in [4.69, 9.17) is 0 Å². The lowest BCUT2D eigenvalue weighted by molar-refractivity contribution is -0.137. The molecule has 92 valence electrons. The number of rotatable bonds is 4. The van der Waals surface area contributed by atoms with E-state index >= 15 is 0 Å². The fourth-order valence-electron chi connectivity index (χ4n) is 1.62. The standard InChI is InChI=1S/C10H16F3N3/c1-7-9(6-14-3)8(2)16(15-7)5-4-10(11,12)13/h14H,4-6H2,1-3H3. The number of alkyl halides is 3. The number of aromatic nitrogens is 2. The molecule has 0 aliphatic heterocycles. The second-order valence-electron chi connectivity index (χ2n) is 3.77. The number of nitrogens with one attached hydrogen (secondary N) is 1. The number of halogens is 3. The van der Waals surface area contributed by atoms with Crippen molar-refractivity contribution in [1.82, 2.24) is 15.1 Å². The Hall–Kier alpha value is -1.04. The van der Waals surface area contributed by atoms with Crippen LogP contribution in [0.2, 0.25) is 0 Å². The minimum atomic E-state index is -4.13. The second-order valence-corrected chi connectivity index (χ2v) is 3.77. The van der Waals surface area contributed by atoms with E-state index in [9.17, 15) is 13.2 Å². The third-order valence-corrected chi connectivity index (χ3v) is 2.49. The van der Waals surface area contributed by atoms with Gasteiger partial charge in [0.25, 0.3) is 0 Å². The van der Waals surface area contributed by atoms with Crippen molar-refractivity contribution < 1.29 is 13.2 Å². The summed E-state index contributed by atoms with van der Waals surface area (Å²) in [4.78, 5) is 0. The van der Waals surface area contributed by atoms with Crippen LogP contribution in [0.4, 0.5) is 13.2 Å². The summed E-state index contributed by atoms with van der Waals surface area (Å²) in [6.45, 7) is 4.12. The molecule has 1 rings (SSSR count). The van der Waals surface area contributed by atoms with Gasteiger partial charge in [-0.2, -0.15) is 18.3 Å². The van der Waals surface area contributed by atoms with Crippen molar-refractivity contribution in [3.05, 3.63) is 17.0 Å². The van der Waals surface area contributed by atoms with Crippen molar-refractivity contribution in [2.75, 3.05) is 7.05 Å². The molecule has 0 spiro atoms. The van der Waals surface area contributed by atoms with Gasteiger partial charge in [0.2, 0.25) is 0 Å². The van der Waals surface area contributed by atoms with Crippen LogP contribution < -0.4 is 5.32 Å². The van der Waals surface area contributed by atoms with Crippen LogP contribution in [0.5, 0.6) is 0 Å². The summed E-state index contributed by atoms with van der Waals surface area (Å²) in [5.74, 6) is 0. The predicted molar refractivity (Wildman–Crippen MR) is 55.1 cm³/mol. The van der Waals surface area contributed by atoms with Crippen LogP contribution in [0.3, 0.4) is 0 Å². The minimum Gasteiger partial charge on any atom is -0.316 e. The van der Waals surface area contributed by atoms with E-state index in [1.807, 2.05) is 6.92 Å². The zero-order valence-electron chi connectivity index (χ0n) is 9.65. The molecule has 0 aromatic carbocycles. The maximum Gasteiger partial charge on any atom is 0.390 e. The highest BCUT2D eigenvalue weighted by molar-refractivity contribution is 5.24.